The molecular formula is C43H32N2. The van der Waals surface area contributed by atoms with Gasteiger partial charge in [-0.3, -0.25) is 0 Å². The Kier molecular flexibility index (Phi) is 5.89. The van der Waals surface area contributed by atoms with Crippen LogP contribution in [0.25, 0.3) is 11.1 Å². The van der Waals surface area contributed by atoms with Crippen molar-refractivity contribution in [3.63, 3.8) is 0 Å². The minimum Gasteiger partial charge on any atom is -0.340 e. The van der Waals surface area contributed by atoms with Gasteiger partial charge in [0.15, 0.2) is 0 Å². The van der Waals surface area contributed by atoms with Crippen molar-refractivity contribution >= 4 is 28.4 Å². The number of rotatable bonds is 4. The number of allylic oxidation sites excluding steroid dienone is 2. The third kappa shape index (κ3) is 3.82. The fraction of sp³-hybridized carbons (Fsp3) is 0.0698. The first-order valence-corrected chi connectivity index (χ1v) is 15.8. The van der Waals surface area contributed by atoms with E-state index in [-0.39, 0.29) is 0 Å². The number of hydrogen-bond acceptors (Lipinski definition) is 2. The highest BCUT2D eigenvalue weighted by molar-refractivity contribution is 5.94. The minimum atomic E-state index is -0.474. The van der Waals surface area contributed by atoms with Gasteiger partial charge in [0.25, 0.3) is 0 Å². The highest BCUT2D eigenvalue weighted by atomic mass is 15.2. The van der Waals surface area contributed by atoms with Crippen LogP contribution >= 0.6 is 0 Å². The second kappa shape index (κ2) is 10.2. The van der Waals surface area contributed by atoms with E-state index in [2.05, 4.69) is 186 Å². The Morgan fingerprint density at radius 3 is 1.38 bits per heavy atom. The zero-order chi connectivity index (χ0) is 29.8. The second-order valence-corrected chi connectivity index (χ2v) is 12.1. The van der Waals surface area contributed by atoms with Gasteiger partial charge >= 0.3 is 0 Å². The van der Waals surface area contributed by atoms with E-state index < -0.39 is 5.41 Å². The lowest BCUT2D eigenvalue weighted by molar-refractivity contribution is 0.692. The fourth-order valence-corrected chi connectivity index (χ4v) is 7.87. The molecule has 45 heavy (non-hydrogen) atoms. The highest BCUT2D eigenvalue weighted by Crippen LogP contribution is 2.62. The number of para-hydroxylation sites is 4. The van der Waals surface area contributed by atoms with Crippen molar-refractivity contribution in [2.45, 2.75) is 5.41 Å². The highest BCUT2D eigenvalue weighted by Gasteiger charge is 2.51. The molecule has 0 aromatic heterocycles. The van der Waals surface area contributed by atoms with Gasteiger partial charge in [-0.1, -0.05) is 140 Å². The third-order valence-electron chi connectivity index (χ3n) is 9.75. The normalized spacial score (nSPS) is 15.5. The molecule has 9 rings (SSSR count). The molecule has 0 saturated heterocycles. The monoisotopic (exact) mass is 576 g/mol. The lowest BCUT2D eigenvalue weighted by Gasteiger charge is -2.51. The molecule has 3 aliphatic rings. The molecule has 0 unspecified atom stereocenters. The fourth-order valence-electron chi connectivity index (χ4n) is 7.87. The summed E-state index contributed by atoms with van der Waals surface area (Å²) in [5, 5.41) is 0. The molecule has 0 radical (unpaired) electrons. The van der Waals surface area contributed by atoms with E-state index in [1.165, 1.54) is 56.1 Å². The van der Waals surface area contributed by atoms with Crippen LogP contribution in [0.3, 0.4) is 0 Å². The van der Waals surface area contributed by atoms with Crippen LogP contribution < -0.4 is 9.80 Å². The quantitative estimate of drug-likeness (QED) is 0.206. The summed E-state index contributed by atoms with van der Waals surface area (Å²) in [6, 6.07) is 55.8. The van der Waals surface area contributed by atoms with Gasteiger partial charge in [0.2, 0.25) is 0 Å². The SMILES string of the molecule is C1=CC(CN2c3ccccc3C3(c4ccccc42)c2ccccc2N(c2ccc(-c4ccccc4)cc2)c2ccccc23)C=C1. The summed E-state index contributed by atoms with van der Waals surface area (Å²) >= 11 is 0. The lowest BCUT2D eigenvalue weighted by Crippen LogP contribution is -2.43. The Hall–Kier alpha value is -5.60. The summed E-state index contributed by atoms with van der Waals surface area (Å²) in [6.07, 6.45) is 8.95. The molecule has 2 nitrogen and oxygen atoms in total. The molecule has 0 bridgehead atoms. The number of fused-ring (bicyclic) bond motifs is 8. The minimum absolute atomic E-state index is 0.375. The van der Waals surface area contributed by atoms with Gasteiger partial charge in [0.05, 0.1) is 16.8 Å². The van der Waals surface area contributed by atoms with Crippen molar-refractivity contribution in [2.75, 3.05) is 16.3 Å². The third-order valence-corrected chi connectivity index (χ3v) is 9.75. The van der Waals surface area contributed by atoms with Gasteiger partial charge in [0, 0.05) is 29.5 Å². The second-order valence-electron chi connectivity index (χ2n) is 12.1. The van der Waals surface area contributed by atoms with Gasteiger partial charge in [-0.25, -0.2) is 0 Å². The van der Waals surface area contributed by atoms with Crippen LogP contribution in [0, 0.1) is 5.92 Å². The van der Waals surface area contributed by atoms with E-state index in [1.54, 1.807) is 0 Å². The van der Waals surface area contributed by atoms with Crippen molar-refractivity contribution in [2.24, 2.45) is 5.92 Å². The summed E-state index contributed by atoms with van der Waals surface area (Å²) in [5.74, 6) is 0.375. The van der Waals surface area contributed by atoms with Crippen molar-refractivity contribution in [1.82, 2.24) is 0 Å². The molecule has 6 aromatic rings. The molecule has 0 N–H and O–H groups in total. The van der Waals surface area contributed by atoms with Gasteiger partial charge in [-0.2, -0.15) is 0 Å². The molecular weight excluding hydrogens is 544 g/mol. The summed E-state index contributed by atoms with van der Waals surface area (Å²) < 4.78 is 0. The summed E-state index contributed by atoms with van der Waals surface area (Å²) in [5.41, 5.74) is 13.4. The van der Waals surface area contributed by atoms with Crippen LogP contribution in [0.2, 0.25) is 0 Å². The number of anilines is 5. The van der Waals surface area contributed by atoms with E-state index >= 15 is 0 Å². The van der Waals surface area contributed by atoms with E-state index in [9.17, 15) is 0 Å². The molecule has 0 amide bonds. The van der Waals surface area contributed by atoms with E-state index in [0.29, 0.717) is 5.92 Å². The van der Waals surface area contributed by atoms with Crippen LogP contribution in [0.1, 0.15) is 22.3 Å². The van der Waals surface area contributed by atoms with Gasteiger partial charge in [-0.15, -0.1) is 0 Å². The molecule has 0 fully saturated rings. The van der Waals surface area contributed by atoms with Crippen molar-refractivity contribution in [3.05, 3.63) is 198 Å². The Labute approximate surface area is 264 Å². The van der Waals surface area contributed by atoms with Crippen LogP contribution in [-0.4, -0.2) is 6.54 Å². The average Bonchev–Trinajstić information content (AvgIpc) is 3.64. The number of nitrogens with zero attached hydrogens (tertiary/aromatic N) is 2. The number of benzene rings is 6. The molecule has 2 aliphatic heterocycles. The molecule has 0 saturated carbocycles. The Bertz CT molecular complexity index is 2000. The summed E-state index contributed by atoms with van der Waals surface area (Å²) in [4.78, 5) is 5.00. The number of hydrogen-bond donors (Lipinski definition) is 0. The zero-order valence-corrected chi connectivity index (χ0v) is 24.9. The Balaban J connectivity index is 1.29. The van der Waals surface area contributed by atoms with Gasteiger partial charge < -0.3 is 9.80 Å². The van der Waals surface area contributed by atoms with Crippen molar-refractivity contribution in [1.29, 1.82) is 0 Å². The first-order chi connectivity index (χ1) is 22.3. The molecule has 2 heteroatoms. The van der Waals surface area contributed by atoms with Crippen LogP contribution in [-0.2, 0) is 5.41 Å². The van der Waals surface area contributed by atoms with Crippen LogP contribution in [0.15, 0.2) is 176 Å². The van der Waals surface area contributed by atoms with Gasteiger partial charge in [-0.05, 0) is 69.8 Å². The summed E-state index contributed by atoms with van der Waals surface area (Å²) in [6.45, 7) is 0.903. The average molecular weight is 577 g/mol. The summed E-state index contributed by atoms with van der Waals surface area (Å²) in [7, 11) is 0. The standard InChI is InChI=1S/C43H32N2/c1-2-16-32(17-3-1)33-26-28-34(29-27-33)45-41-24-12-8-20-37(41)43(38-21-9-13-25-42(38)45)35-18-6-10-22-39(35)44(30-31-14-4-5-15-31)40-23-11-7-19-36(40)43/h1-29,31H,30H2. The van der Waals surface area contributed by atoms with Crippen LogP contribution in [0.4, 0.5) is 28.4 Å². The molecule has 6 aromatic carbocycles. The molecule has 2 heterocycles. The largest absolute Gasteiger partial charge is 0.340 e. The zero-order valence-electron chi connectivity index (χ0n) is 24.9. The van der Waals surface area contributed by atoms with E-state index in [4.69, 9.17) is 0 Å². The predicted molar refractivity (Wildman–Crippen MR) is 187 cm³/mol. The smallest absolute Gasteiger partial charge is 0.0782 e. The topological polar surface area (TPSA) is 6.48 Å². The Morgan fingerprint density at radius 2 is 0.844 bits per heavy atom. The molecule has 1 aliphatic carbocycles. The van der Waals surface area contributed by atoms with Crippen molar-refractivity contribution < 1.29 is 0 Å². The molecule has 0 atom stereocenters. The molecule has 1 spiro atoms. The maximum Gasteiger partial charge on any atom is 0.0782 e. The van der Waals surface area contributed by atoms with E-state index in [0.717, 1.165) is 12.2 Å². The van der Waals surface area contributed by atoms with Gasteiger partial charge in [0.1, 0.15) is 0 Å². The first kappa shape index (κ1) is 25.9. The predicted octanol–water partition coefficient (Wildman–Crippen LogP) is 10.7. The van der Waals surface area contributed by atoms with Crippen LogP contribution in [0.5, 0.6) is 0 Å². The Morgan fingerprint density at radius 1 is 0.422 bits per heavy atom. The van der Waals surface area contributed by atoms with Crippen molar-refractivity contribution in [3.8, 4) is 11.1 Å². The maximum absolute atomic E-state index is 2.54. The maximum atomic E-state index is 2.54. The first-order valence-electron chi connectivity index (χ1n) is 15.8. The lowest BCUT2D eigenvalue weighted by atomic mass is 9.60. The molecule has 214 valence electrons. The van der Waals surface area contributed by atoms with E-state index in [1.807, 2.05) is 0 Å².